The number of halogens is 1. The van der Waals surface area contributed by atoms with Crippen molar-refractivity contribution >= 4 is 23.5 Å². The Morgan fingerprint density at radius 2 is 1.85 bits per heavy atom. The summed E-state index contributed by atoms with van der Waals surface area (Å²) in [6.07, 6.45) is 5.08. The van der Waals surface area contributed by atoms with Crippen molar-refractivity contribution in [1.82, 2.24) is 19.7 Å². The Kier molecular flexibility index (Phi) is 5.09. The van der Waals surface area contributed by atoms with E-state index in [1.165, 1.54) is 13.3 Å². The number of ether oxygens (including phenoxy) is 1. The number of nitrogens with zero attached hydrogens (tertiary/aromatic N) is 3. The smallest absolute Gasteiger partial charge is 0.328 e. The van der Waals surface area contributed by atoms with E-state index in [-0.39, 0.29) is 0 Å². The summed E-state index contributed by atoms with van der Waals surface area (Å²) in [5, 5.41) is 7.57. The van der Waals surface area contributed by atoms with Gasteiger partial charge in [-0.3, -0.25) is 4.79 Å². The van der Waals surface area contributed by atoms with Gasteiger partial charge in [0.2, 0.25) is 0 Å². The zero-order valence-electron chi connectivity index (χ0n) is 14.2. The van der Waals surface area contributed by atoms with Crippen LogP contribution in [-0.4, -0.2) is 39.4 Å². The van der Waals surface area contributed by atoms with Crippen molar-refractivity contribution in [2.75, 3.05) is 7.11 Å². The van der Waals surface area contributed by atoms with Crippen LogP contribution in [0.3, 0.4) is 0 Å². The van der Waals surface area contributed by atoms with Gasteiger partial charge in [-0.15, -0.1) is 0 Å². The van der Waals surface area contributed by atoms with Crippen molar-refractivity contribution < 1.29 is 14.3 Å². The van der Waals surface area contributed by atoms with Crippen molar-refractivity contribution in [3.05, 3.63) is 65.6 Å². The monoisotopic (exact) mass is 372 g/mol. The van der Waals surface area contributed by atoms with Crippen LogP contribution in [0.2, 0.25) is 5.02 Å². The van der Waals surface area contributed by atoms with E-state index in [1.54, 1.807) is 40.4 Å². The number of esters is 1. The normalized spacial score (nSPS) is 11.8. The van der Waals surface area contributed by atoms with Crippen LogP contribution in [0.25, 0.3) is 11.5 Å². The lowest BCUT2D eigenvalue weighted by Gasteiger charge is -2.13. The van der Waals surface area contributed by atoms with Crippen LogP contribution in [0.1, 0.15) is 17.3 Å². The van der Waals surface area contributed by atoms with Gasteiger partial charge in [-0.25, -0.2) is 9.48 Å². The molecule has 0 spiro atoms. The third kappa shape index (κ3) is 3.48. The van der Waals surface area contributed by atoms with Crippen LogP contribution in [0.15, 0.2) is 55.0 Å². The first-order chi connectivity index (χ1) is 12.5. The number of nitrogens with one attached hydrogen (secondary N) is 1. The second-order valence-electron chi connectivity index (χ2n) is 5.58. The number of hydrogen-bond donors (Lipinski definition) is 1. The van der Waals surface area contributed by atoms with Gasteiger partial charge in [0, 0.05) is 17.4 Å². The fourth-order valence-corrected chi connectivity index (χ4v) is 2.63. The highest BCUT2D eigenvalue weighted by atomic mass is 35.5. The van der Waals surface area contributed by atoms with E-state index in [0.29, 0.717) is 16.4 Å². The Morgan fingerprint density at radius 1 is 1.19 bits per heavy atom. The molecule has 0 unspecified atom stereocenters. The molecule has 0 aliphatic carbocycles. The molecule has 0 saturated carbocycles. The average molecular weight is 373 g/mol. The molecule has 3 aromatic rings. The molecule has 26 heavy (non-hydrogen) atoms. The maximum Gasteiger partial charge on any atom is 0.328 e. The summed E-state index contributed by atoms with van der Waals surface area (Å²) in [5.74, 6) is -0.398. The molecule has 2 aromatic heterocycles. The van der Waals surface area contributed by atoms with E-state index in [4.69, 9.17) is 11.6 Å². The van der Waals surface area contributed by atoms with Crippen molar-refractivity contribution in [2.24, 2.45) is 0 Å². The number of carbonyl (C=O) groups excluding carboxylic acids is 2. The molecule has 0 aliphatic heterocycles. The predicted octanol–water partition coefficient (Wildman–Crippen LogP) is 2.61. The molecule has 1 aromatic carbocycles. The average Bonchev–Trinajstić information content (AvgIpc) is 3.30. The number of rotatable bonds is 5. The molecule has 1 N–H and O–H groups in total. The molecule has 0 radical (unpaired) electrons. The van der Waals surface area contributed by atoms with Gasteiger partial charge >= 0.3 is 5.97 Å². The standard InChI is InChI=1S/C18H17ClN4O3/c1-12(18(25)26-2)21-16(24)15-11-20-23(14-7-5-13(19)6-8-14)17(15)22-9-3-4-10-22/h3-12H,1-2H3,(H,21,24)/t12-/m0/s1. The van der Waals surface area contributed by atoms with E-state index >= 15 is 0 Å². The number of aromatic nitrogens is 3. The fourth-order valence-electron chi connectivity index (χ4n) is 2.51. The second kappa shape index (κ2) is 7.45. The summed E-state index contributed by atoms with van der Waals surface area (Å²) in [6.45, 7) is 1.56. The first-order valence-electron chi connectivity index (χ1n) is 7.87. The molecule has 0 bridgehead atoms. The van der Waals surface area contributed by atoms with Crippen LogP contribution >= 0.6 is 11.6 Å². The number of amides is 1. The maximum absolute atomic E-state index is 12.7. The Balaban J connectivity index is 2.02. The lowest BCUT2D eigenvalue weighted by Crippen LogP contribution is -2.39. The number of benzene rings is 1. The van der Waals surface area contributed by atoms with E-state index in [2.05, 4.69) is 15.2 Å². The van der Waals surface area contributed by atoms with Crippen LogP contribution < -0.4 is 5.32 Å². The van der Waals surface area contributed by atoms with Crippen LogP contribution in [-0.2, 0) is 9.53 Å². The van der Waals surface area contributed by atoms with Gasteiger partial charge in [-0.2, -0.15) is 5.10 Å². The second-order valence-corrected chi connectivity index (χ2v) is 6.02. The van der Waals surface area contributed by atoms with Crippen molar-refractivity contribution in [3.8, 4) is 11.5 Å². The first-order valence-corrected chi connectivity index (χ1v) is 8.25. The van der Waals surface area contributed by atoms with Crippen LogP contribution in [0.4, 0.5) is 0 Å². The van der Waals surface area contributed by atoms with E-state index in [0.717, 1.165) is 5.69 Å². The third-order valence-electron chi connectivity index (χ3n) is 3.81. The minimum Gasteiger partial charge on any atom is -0.467 e. The molecule has 1 atom stereocenters. The summed E-state index contributed by atoms with van der Waals surface area (Å²) < 4.78 is 8.05. The quantitative estimate of drug-likeness (QED) is 0.698. The van der Waals surface area contributed by atoms with Crippen molar-refractivity contribution in [1.29, 1.82) is 0 Å². The lowest BCUT2D eigenvalue weighted by molar-refractivity contribution is -0.142. The Labute approximate surface area is 155 Å². The SMILES string of the molecule is COC(=O)[C@H](C)NC(=O)c1cnn(-c2ccc(Cl)cc2)c1-n1cccc1. The molecule has 0 fully saturated rings. The van der Waals surface area contributed by atoms with Gasteiger partial charge in [-0.05, 0) is 43.3 Å². The summed E-state index contributed by atoms with van der Waals surface area (Å²) in [5.41, 5.74) is 1.07. The summed E-state index contributed by atoms with van der Waals surface area (Å²) in [6, 6.07) is 10.0. The summed E-state index contributed by atoms with van der Waals surface area (Å²) >= 11 is 5.95. The van der Waals surface area contributed by atoms with Crippen molar-refractivity contribution in [2.45, 2.75) is 13.0 Å². The highest BCUT2D eigenvalue weighted by Crippen LogP contribution is 2.21. The van der Waals surface area contributed by atoms with Crippen molar-refractivity contribution in [3.63, 3.8) is 0 Å². The van der Waals surface area contributed by atoms with Crippen LogP contribution in [0, 0.1) is 0 Å². The molecule has 8 heteroatoms. The van der Waals surface area contributed by atoms with Crippen LogP contribution in [0.5, 0.6) is 0 Å². The van der Waals surface area contributed by atoms with E-state index in [1.807, 2.05) is 24.5 Å². The Hall–Kier alpha value is -3.06. The molecule has 3 rings (SSSR count). The zero-order valence-corrected chi connectivity index (χ0v) is 15.0. The molecule has 0 aliphatic rings. The molecule has 7 nitrogen and oxygen atoms in total. The van der Waals surface area contributed by atoms with Gasteiger partial charge in [0.15, 0.2) is 5.82 Å². The molecule has 2 heterocycles. The minimum absolute atomic E-state index is 0.326. The topological polar surface area (TPSA) is 78.2 Å². The highest BCUT2D eigenvalue weighted by Gasteiger charge is 2.23. The van der Waals surface area contributed by atoms with Gasteiger partial charge in [-0.1, -0.05) is 11.6 Å². The number of methoxy groups -OCH3 is 1. The highest BCUT2D eigenvalue weighted by molar-refractivity contribution is 6.30. The largest absolute Gasteiger partial charge is 0.467 e. The first kappa shape index (κ1) is 17.8. The predicted molar refractivity (Wildman–Crippen MR) is 96.8 cm³/mol. The zero-order chi connectivity index (χ0) is 18.7. The van der Waals surface area contributed by atoms with Gasteiger partial charge < -0.3 is 14.6 Å². The summed E-state index contributed by atoms with van der Waals surface area (Å²) in [7, 11) is 1.27. The molecule has 1 amide bonds. The maximum atomic E-state index is 12.7. The number of hydrogen-bond acceptors (Lipinski definition) is 4. The number of carbonyl (C=O) groups is 2. The molecular weight excluding hydrogens is 356 g/mol. The van der Waals surface area contributed by atoms with E-state index in [9.17, 15) is 9.59 Å². The van der Waals surface area contributed by atoms with Gasteiger partial charge in [0.05, 0.1) is 19.0 Å². The Bertz CT molecular complexity index is 917. The lowest BCUT2D eigenvalue weighted by atomic mass is 10.2. The van der Waals surface area contributed by atoms with Gasteiger partial charge in [0.1, 0.15) is 11.6 Å². The third-order valence-corrected chi connectivity index (χ3v) is 4.06. The minimum atomic E-state index is -0.774. The fraction of sp³-hybridized carbons (Fsp3) is 0.167. The molecule has 0 saturated heterocycles. The summed E-state index contributed by atoms with van der Waals surface area (Å²) in [4.78, 5) is 24.3. The molecule has 134 valence electrons. The molecular formula is C18H17ClN4O3. The van der Waals surface area contributed by atoms with Gasteiger partial charge in [0.25, 0.3) is 5.91 Å². The van der Waals surface area contributed by atoms with E-state index < -0.39 is 17.9 Å². The Morgan fingerprint density at radius 3 is 2.46 bits per heavy atom.